The molecule has 4 nitrogen and oxygen atoms in total. The Balaban J connectivity index is 2.81. The molecule has 1 atom stereocenters. The highest BCUT2D eigenvalue weighted by molar-refractivity contribution is 9.10. The Bertz CT molecular complexity index is 681. The first-order valence-corrected chi connectivity index (χ1v) is 14.3. The van der Waals surface area contributed by atoms with E-state index in [2.05, 4.69) is 35.6 Å². The molecule has 1 unspecified atom stereocenters. The topological polar surface area (TPSA) is 52.6 Å². The molecule has 0 fully saturated rings. The molecule has 0 aromatic heterocycles. The molecule has 0 saturated heterocycles. The normalized spacial score (nSPS) is 13.9. The molecular formula is C22H33BrO4Si. The Morgan fingerprint density at radius 3 is 2.54 bits per heavy atom. The van der Waals surface area contributed by atoms with E-state index in [1.54, 1.807) is 13.0 Å². The van der Waals surface area contributed by atoms with E-state index in [9.17, 15) is 9.59 Å². The Kier molecular flexibility index (Phi) is 10.2. The summed E-state index contributed by atoms with van der Waals surface area (Å²) in [5, 5.41) is 0. The first-order valence-electron chi connectivity index (χ1n) is 9.85. The lowest BCUT2D eigenvalue weighted by Gasteiger charge is -2.29. The highest BCUT2D eigenvalue weighted by Gasteiger charge is 2.36. The van der Waals surface area contributed by atoms with Gasteiger partial charge in [0.25, 0.3) is 0 Å². The lowest BCUT2D eigenvalue weighted by Crippen LogP contribution is -2.35. The predicted octanol–water partition coefficient (Wildman–Crippen LogP) is 5.88. The maximum absolute atomic E-state index is 13.0. The van der Waals surface area contributed by atoms with Crippen molar-refractivity contribution in [1.29, 1.82) is 0 Å². The smallest absolute Gasteiger partial charge is 0.330 e. The summed E-state index contributed by atoms with van der Waals surface area (Å²) in [4.78, 5) is 24.4. The number of allylic oxidation sites excluding steroid dienone is 1. The van der Waals surface area contributed by atoms with Gasteiger partial charge in [0.15, 0.2) is 0 Å². The molecule has 0 aliphatic heterocycles. The summed E-state index contributed by atoms with van der Waals surface area (Å²) in [5.74, 6) is -0.513. The fourth-order valence-corrected chi connectivity index (χ4v) is 3.86. The van der Waals surface area contributed by atoms with Crippen LogP contribution in [-0.2, 0) is 24.5 Å². The molecule has 0 bridgehead atoms. The number of rotatable bonds is 11. The van der Waals surface area contributed by atoms with Crippen LogP contribution in [0.4, 0.5) is 0 Å². The molecule has 1 aromatic rings. The average Bonchev–Trinajstić information content (AvgIpc) is 2.60. The van der Waals surface area contributed by atoms with Crippen molar-refractivity contribution in [2.24, 2.45) is 0 Å². The van der Waals surface area contributed by atoms with Gasteiger partial charge in [0.1, 0.15) is 0 Å². The quantitative estimate of drug-likeness (QED) is 0.176. The minimum atomic E-state index is -1.26. The minimum absolute atomic E-state index is 0.182. The van der Waals surface area contributed by atoms with Gasteiger partial charge in [-0.05, 0) is 56.9 Å². The van der Waals surface area contributed by atoms with Gasteiger partial charge in [-0.1, -0.05) is 53.8 Å². The van der Waals surface area contributed by atoms with E-state index in [0.29, 0.717) is 26.1 Å². The lowest BCUT2D eigenvalue weighted by atomic mass is 9.78. The number of carbonyl (C=O) groups is 2. The van der Waals surface area contributed by atoms with Crippen molar-refractivity contribution >= 4 is 35.9 Å². The fraction of sp³-hybridized carbons (Fsp3) is 0.545. The zero-order valence-electron chi connectivity index (χ0n) is 17.7. The number of benzene rings is 1. The van der Waals surface area contributed by atoms with Crippen molar-refractivity contribution < 1.29 is 19.1 Å². The second-order valence-corrected chi connectivity index (χ2v) is 14.9. The third kappa shape index (κ3) is 8.74. The Morgan fingerprint density at radius 1 is 1.21 bits per heavy atom. The molecule has 0 N–H and O–H groups in total. The van der Waals surface area contributed by atoms with Crippen LogP contribution >= 0.6 is 15.9 Å². The second-order valence-electron chi connectivity index (χ2n) is 8.34. The SMILES string of the molecule is CCOC(=O)/C=C\CCCC(C)(C(=O)OCC[Si](C)(C)C)c1cccc(Br)c1. The third-order valence-corrected chi connectivity index (χ3v) is 6.78. The number of carbonyl (C=O) groups excluding carboxylic acids is 2. The van der Waals surface area contributed by atoms with Crippen LogP contribution in [0.5, 0.6) is 0 Å². The molecule has 0 amide bonds. The Morgan fingerprint density at radius 2 is 1.93 bits per heavy atom. The fourth-order valence-electron chi connectivity index (χ4n) is 2.75. The molecule has 6 heteroatoms. The number of hydrogen-bond acceptors (Lipinski definition) is 4. The average molecular weight is 469 g/mol. The summed E-state index contributed by atoms with van der Waals surface area (Å²) in [6.07, 6.45) is 5.36. The van der Waals surface area contributed by atoms with E-state index >= 15 is 0 Å². The van der Waals surface area contributed by atoms with Crippen LogP contribution in [0.2, 0.25) is 25.7 Å². The summed E-state index contributed by atoms with van der Waals surface area (Å²) in [5.41, 5.74) is 0.218. The van der Waals surface area contributed by atoms with Crippen LogP contribution in [0.3, 0.4) is 0 Å². The van der Waals surface area contributed by atoms with Crippen molar-refractivity contribution in [3.05, 3.63) is 46.5 Å². The highest BCUT2D eigenvalue weighted by Crippen LogP contribution is 2.33. The standard InChI is InChI=1S/C22H33BrO4Si/c1-6-26-20(24)13-8-7-9-14-22(2,18-11-10-12-19(23)17-18)21(25)27-15-16-28(3,4)5/h8,10-13,17H,6-7,9,14-16H2,1-5H3/b13-8-. The molecule has 28 heavy (non-hydrogen) atoms. The second kappa shape index (κ2) is 11.6. The van der Waals surface area contributed by atoms with Gasteiger partial charge in [-0.3, -0.25) is 4.79 Å². The molecule has 156 valence electrons. The number of unbranched alkanes of at least 4 members (excludes halogenated alkanes) is 1. The maximum atomic E-state index is 13.0. The van der Waals surface area contributed by atoms with E-state index in [4.69, 9.17) is 9.47 Å². The first-order chi connectivity index (χ1) is 13.1. The summed E-state index contributed by atoms with van der Waals surface area (Å²) in [7, 11) is -1.26. The van der Waals surface area contributed by atoms with Crippen molar-refractivity contribution in [1.82, 2.24) is 0 Å². The molecule has 0 spiro atoms. The molecule has 0 saturated carbocycles. The van der Waals surface area contributed by atoms with Crippen LogP contribution in [0.25, 0.3) is 0 Å². The van der Waals surface area contributed by atoms with Gasteiger partial charge in [-0.2, -0.15) is 0 Å². The molecule has 0 heterocycles. The third-order valence-electron chi connectivity index (χ3n) is 4.59. The monoisotopic (exact) mass is 468 g/mol. The molecule has 0 aliphatic carbocycles. The van der Waals surface area contributed by atoms with Gasteiger partial charge < -0.3 is 9.47 Å². The Hall–Kier alpha value is -1.40. The van der Waals surface area contributed by atoms with E-state index < -0.39 is 13.5 Å². The van der Waals surface area contributed by atoms with Crippen LogP contribution in [-0.4, -0.2) is 33.2 Å². The maximum Gasteiger partial charge on any atom is 0.330 e. The van der Waals surface area contributed by atoms with Gasteiger partial charge in [-0.15, -0.1) is 0 Å². The highest BCUT2D eigenvalue weighted by atomic mass is 79.9. The van der Waals surface area contributed by atoms with Gasteiger partial charge >= 0.3 is 11.9 Å². The van der Waals surface area contributed by atoms with Gasteiger partial charge in [-0.25, -0.2) is 4.79 Å². The molecule has 0 aliphatic rings. The van der Waals surface area contributed by atoms with E-state index in [-0.39, 0.29) is 11.9 Å². The van der Waals surface area contributed by atoms with E-state index in [1.807, 2.05) is 31.2 Å². The van der Waals surface area contributed by atoms with Crippen molar-refractivity contribution in [2.45, 2.75) is 64.2 Å². The summed E-state index contributed by atoms with van der Waals surface area (Å²) >= 11 is 3.50. The summed E-state index contributed by atoms with van der Waals surface area (Å²) in [6.45, 7) is 11.4. The molecule has 1 rings (SSSR count). The zero-order chi connectivity index (χ0) is 21.2. The minimum Gasteiger partial charge on any atom is -0.465 e. The number of halogens is 1. The number of ether oxygens (including phenoxy) is 2. The van der Waals surface area contributed by atoms with Gasteiger partial charge in [0.05, 0.1) is 18.6 Å². The molecule has 0 radical (unpaired) electrons. The van der Waals surface area contributed by atoms with Crippen LogP contribution in [0.1, 0.15) is 38.7 Å². The Labute approximate surface area is 178 Å². The van der Waals surface area contributed by atoms with E-state index in [1.165, 1.54) is 6.08 Å². The zero-order valence-corrected chi connectivity index (χ0v) is 20.3. The summed E-state index contributed by atoms with van der Waals surface area (Å²) in [6, 6.07) is 8.79. The lowest BCUT2D eigenvalue weighted by molar-refractivity contribution is -0.150. The van der Waals surface area contributed by atoms with Crippen molar-refractivity contribution in [2.75, 3.05) is 13.2 Å². The van der Waals surface area contributed by atoms with Crippen LogP contribution < -0.4 is 0 Å². The van der Waals surface area contributed by atoms with Crippen LogP contribution in [0, 0.1) is 0 Å². The van der Waals surface area contributed by atoms with Gasteiger partial charge in [0, 0.05) is 18.6 Å². The number of hydrogen-bond donors (Lipinski definition) is 0. The molecular weight excluding hydrogens is 436 g/mol. The number of esters is 2. The first kappa shape index (κ1) is 24.6. The van der Waals surface area contributed by atoms with Gasteiger partial charge in [0.2, 0.25) is 0 Å². The summed E-state index contributed by atoms with van der Waals surface area (Å²) < 4.78 is 11.5. The van der Waals surface area contributed by atoms with E-state index in [0.717, 1.165) is 22.5 Å². The van der Waals surface area contributed by atoms with Crippen molar-refractivity contribution in [3.63, 3.8) is 0 Å². The van der Waals surface area contributed by atoms with Crippen molar-refractivity contribution in [3.8, 4) is 0 Å². The largest absolute Gasteiger partial charge is 0.465 e. The van der Waals surface area contributed by atoms with Crippen LogP contribution in [0.15, 0.2) is 40.9 Å². The molecule has 1 aromatic carbocycles. The predicted molar refractivity (Wildman–Crippen MR) is 120 cm³/mol.